The van der Waals surface area contributed by atoms with Crippen LogP contribution in [0.4, 0.5) is 4.39 Å². The molecule has 4 rings (SSSR count). The van der Waals surface area contributed by atoms with E-state index >= 15 is 0 Å². The van der Waals surface area contributed by atoms with Gasteiger partial charge < -0.3 is 10.2 Å². The maximum atomic E-state index is 13.5. The molecule has 3 aromatic rings. The molecule has 7 nitrogen and oxygen atoms in total. The summed E-state index contributed by atoms with van der Waals surface area (Å²) in [6, 6.07) is 9.63. The quantitative estimate of drug-likeness (QED) is 0.719. The number of nitrogens with zero attached hydrogens (tertiary/aromatic N) is 4. The van der Waals surface area contributed by atoms with Crippen molar-refractivity contribution in [3.63, 3.8) is 0 Å². The van der Waals surface area contributed by atoms with Crippen LogP contribution in [-0.2, 0) is 11.3 Å². The predicted octanol–water partition coefficient (Wildman–Crippen LogP) is 2.34. The van der Waals surface area contributed by atoms with Gasteiger partial charge in [0.15, 0.2) is 5.65 Å². The summed E-state index contributed by atoms with van der Waals surface area (Å²) >= 11 is 0. The average molecular weight is 395 g/mol. The number of hydrogen-bond donors (Lipinski definition) is 1. The predicted molar refractivity (Wildman–Crippen MR) is 106 cm³/mol. The van der Waals surface area contributed by atoms with E-state index in [0.717, 1.165) is 23.1 Å². The SMILES string of the molecule is CC(=O)NCCn1nc([C@H]2CCN(C(=O)c3cccc(F)c3)C2)c2cccnc21. The Balaban J connectivity index is 1.54. The van der Waals surface area contributed by atoms with E-state index in [0.29, 0.717) is 31.7 Å². The minimum absolute atomic E-state index is 0.0845. The number of halogens is 1. The van der Waals surface area contributed by atoms with E-state index in [4.69, 9.17) is 5.10 Å². The van der Waals surface area contributed by atoms with Crippen molar-refractivity contribution in [3.8, 4) is 0 Å². The Kier molecular flexibility index (Phi) is 5.24. The van der Waals surface area contributed by atoms with Crippen LogP contribution in [0, 0.1) is 5.82 Å². The Labute approximate surface area is 167 Å². The zero-order chi connectivity index (χ0) is 20.4. The van der Waals surface area contributed by atoms with E-state index in [2.05, 4.69) is 10.3 Å². The first-order valence-electron chi connectivity index (χ1n) is 9.63. The number of hydrogen-bond acceptors (Lipinski definition) is 4. The van der Waals surface area contributed by atoms with Crippen LogP contribution in [0.5, 0.6) is 0 Å². The molecular weight excluding hydrogens is 373 g/mol. The third-order valence-electron chi connectivity index (χ3n) is 5.17. The number of carbonyl (C=O) groups excluding carboxylic acids is 2. The van der Waals surface area contributed by atoms with Gasteiger partial charge in [-0.3, -0.25) is 9.59 Å². The standard InChI is InChI=1S/C21H22FN5O2/c1-14(28)23-9-11-27-20-18(6-3-8-24-20)19(25-27)16-7-10-26(13-16)21(29)15-4-2-5-17(22)12-15/h2-6,8,12,16H,7,9-11,13H2,1H3,(H,23,28)/t16-/m0/s1. The molecule has 1 N–H and O–H groups in total. The summed E-state index contributed by atoms with van der Waals surface area (Å²) < 4.78 is 15.3. The normalized spacial score (nSPS) is 16.3. The molecule has 29 heavy (non-hydrogen) atoms. The Morgan fingerprint density at radius 2 is 2.14 bits per heavy atom. The molecule has 0 radical (unpaired) electrons. The van der Waals surface area contributed by atoms with E-state index < -0.39 is 5.82 Å². The minimum Gasteiger partial charge on any atom is -0.354 e. The lowest BCUT2D eigenvalue weighted by molar-refractivity contribution is -0.118. The third kappa shape index (κ3) is 3.96. The summed E-state index contributed by atoms with van der Waals surface area (Å²) in [6.45, 7) is 3.60. The van der Waals surface area contributed by atoms with Gasteiger partial charge in [-0.05, 0) is 36.8 Å². The second kappa shape index (κ2) is 7.98. The Bertz CT molecular complexity index is 1060. The van der Waals surface area contributed by atoms with Gasteiger partial charge in [0.2, 0.25) is 5.91 Å². The van der Waals surface area contributed by atoms with Crippen LogP contribution in [-0.4, -0.2) is 51.1 Å². The summed E-state index contributed by atoms with van der Waals surface area (Å²) in [5.74, 6) is -0.584. The fraction of sp³-hybridized carbons (Fsp3) is 0.333. The molecule has 2 aromatic heterocycles. The van der Waals surface area contributed by atoms with Crippen molar-refractivity contribution in [1.29, 1.82) is 0 Å². The van der Waals surface area contributed by atoms with Gasteiger partial charge in [0.25, 0.3) is 5.91 Å². The van der Waals surface area contributed by atoms with Gasteiger partial charge >= 0.3 is 0 Å². The van der Waals surface area contributed by atoms with Gasteiger partial charge in [-0.2, -0.15) is 5.10 Å². The van der Waals surface area contributed by atoms with Crippen LogP contribution in [0.3, 0.4) is 0 Å². The van der Waals surface area contributed by atoms with Gasteiger partial charge in [-0.1, -0.05) is 6.07 Å². The van der Waals surface area contributed by atoms with Gasteiger partial charge in [0, 0.05) is 49.6 Å². The molecule has 1 saturated heterocycles. The highest BCUT2D eigenvalue weighted by Crippen LogP contribution is 2.32. The Hall–Kier alpha value is -3.29. The van der Waals surface area contributed by atoms with Crippen molar-refractivity contribution in [2.45, 2.75) is 25.8 Å². The summed E-state index contributed by atoms with van der Waals surface area (Å²) in [4.78, 5) is 30.1. The van der Waals surface area contributed by atoms with Crippen LogP contribution in [0.1, 0.15) is 35.3 Å². The van der Waals surface area contributed by atoms with Crippen LogP contribution < -0.4 is 5.32 Å². The zero-order valence-electron chi connectivity index (χ0n) is 16.1. The topological polar surface area (TPSA) is 80.1 Å². The van der Waals surface area contributed by atoms with Crippen LogP contribution in [0.2, 0.25) is 0 Å². The molecule has 8 heteroatoms. The highest BCUT2D eigenvalue weighted by Gasteiger charge is 2.31. The molecule has 2 amide bonds. The monoisotopic (exact) mass is 395 g/mol. The lowest BCUT2D eigenvalue weighted by Crippen LogP contribution is -2.28. The second-order valence-electron chi connectivity index (χ2n) is 7.21. The number of rotatable bonds is 5. The minimum atomic E-state index is -0.415. The number of carbonyl (C=O) groups is 2. The lowest BCUT2D eigenvalue weighted by atomic mass is 10.0. The van der Waals surface area contributed by atoms with Gasteiger partial charge in [-0.25, -0.2) is 14.1 Å². The number of nitrogens with one attached hydrogen (secondary N) is 1. The van der Waals surface area contributed by atoms with E-state index in [-0.39, 0.29) is 17.7 Å². The maximum Gasteiger partial charge on any atom is 0.253 e. The van der Waals surface area contributed by atoms with Crippen molar-refractivity contribution in [1.82, 2.24) is 25.0 Å². The maximum absolute atomic E-state index is 13.5. The summed E-state index contributed by atoms with van der Waals surface area (Å²) in [6.07, 6.45) is 2.50. The van der Waals surface area contributed by atoms with Crippen molar-refractivity contribution in [3.05, 3.63) is 59.7 Å². The lowest BCUT2D eigenvalue weighted by Gasteiger charge is -2.16. The van der Waals surface area contributed by atoms with Crippen molar-refractivity contribution >= 4 is 22.8 Å². The van der Waals surface area contributed by atoms with Gasteiger partial charge in [0.1, 0.15) is 5.82 Å². The fourth-order valence-electron chi connectivity index (χ4n) is 3.80. The van der Waals surface area contributed by atoms with Crippen LogP contribution in [0.15, 0.2) is 42.6 Å². The molecule has 3 heterocycles. The number of pyridine rings is 1. The van der Waals surface area contributed by atoms with E-state index in [9.17, 15) is 14.0 Å². The Morgan fingerprint density at radius 3 is 2.93 bits per heavy atom. The van der Waals surface area contributed by atoms with Crippen molar-refractivity contribution < 1.29 is 14.0 Å². The molecular formula is C21H22FN5O2. The van der Waals surface area contributed by atoms with Gasteiger partial charge in [-0.15, -0.1) is 0 Å². The summed E-state index contributed by atoms with van der Waals surface area (Å²) in [5.41, 5.74) is 2.03. The molecule has 150 valence electrons. The summed E-state index contributed by atoms with van der Waals surface area (Å²) in [7, 11) is 0. The molecule has 0 unspecified atom stereocenters. The number of likely N-dealkylation sites (tertiary alicyclic amines) is 1. The number of benzene rings is 1. The molecule has 1 fully saturated rings. The molecule has 1 aliphatic heterocycles. The van der Waals surface area contributed by atoms with Crippen molar-refractivity contribution in [2.75, 3.05) is 19.6 Å². The number of amides is 2. The molecule has 1 aromatic carbocycles. The molecule has 0 spiro atoms. The van der Waals surface area contributed by atoms with Crippen LogP contribution in [0.25, 0.3) is 11.0 Å². The first kappa shape index (κ1) is 19.0. The molecule has 0 saturated carbocycles. The molecule has 1 aliphatic rings. The number of fused-ring (bicyclic) bond motifs is 1. The van der Waals surface area contributed by atoms with E-state index in [1.807, 2.05) is 12.1 Å². The first-order chi connectivity index (χ1) is 14.0. The molecule has 1 atom stereocenters. The van der Waals surface area contributed by atoms with E-state index in [1.54, 1.807) is 27.9 Å². The van der Waals surface area contributed by atoms with E-state index in [1.165, 1.54) is 19.1 Å². The highest BCUT2D eigenvalue weighted by molar-refractivity contribution is 5.94. The van der Waals surface area contributed by atoms with Gasteiger partial charge in [0.05, 0.1) is 12.2 Å². The van der Waals surface area contributed by atoms with Crippen LogP contribution >= 0.6 is 0 Å². The first-order valence-corrected chi connectivity index (χ1v) is 9.63. The molecule has 0 bridgehead atoms. The average Bonchev–Trinajstić information content (AvgIpc) is 3.32. The third-order valence-corrected chi connectivity index (χ3v) is 5.17. The summed E-state index contributed by atoms with van der Waals surface area (Å²) in [5, 5.41) is 8.48. The fourth-order valence-corrected chi connectivity index (χ4v) is 3.80. The largest absolute Gasteiger partial charge is 0.354 e. The Morgan fingerprint density at radius 1 is 1.28 bits per heavy atom. The smallest absolute Gasteiger partial charge is 0.253 e. The second-order valence-corrected chi connectivity index (χ2v) is 7.21. The number of aromatic nitrogens is 3. The zero-order valence-corrected chi connectivity index (χ0v) is 16.1. The highest BCUT2D eigenvalue weighted by atomic mass is 19.1. The molecule has 0 aliphatic carbocycles. The van der Waals surface area contributed by atoms with Crippen molar-refractivity contribution in [2.24, 2.45) is 0 Å².